The van der Waals surface area contributed by atoms with Crippen molar-refractivity contribution in [2.24, 2.45) is 11.1 Å². The smallest absolute Gasteiger partial charge is 0.352 e. The number of aliphatic carboxylic acids is 1. The molecule has 0 spiro atoms. The van der Waals surface area contributed by atoms with Crippen LogP contribution in [0.1, 0.15) is 12.1 Å². The highest BCUT2D eigenvalue weighted by Gasteiger charge is 2.51. The van der Waals surface area contributed by atoms with Gasteiger partial charge in [-0.3, -0.25) is 9.69 Å². The van der Waals surface area contributed by atoms with E-state index < -0.39 is 11.9 Å². The molecule has 0 aliphatic carbocycles. The molecule has 5 heterocycles. The van der Waals surface area contributed by atoms with E-state index in [4.69, 9.17) is 10.6 Å². The summed E-state index contributed by atoms with van der Waals surface area (Å²) in [4.78, 5) is 38.6. The molecule has 11 nitrogen and oxygen atoms in total. The first-order valence-corrected chi connectivity index (χ1v) is 13.6. The number of nitrogens with zero attached hydrogens (tertiary/aromatic N) is 5. The number of aromatic nitrogens is 1. The van der Waals surface area contributed by atoms with Gasteiger partial charge in [0.25, 0.3) is 5.91 Å². The van der Waals surface area contributed by atoms with E-state index in [9.17, 15) is 14.7 Å². The molecule has 1 aromatic heterocycles. The van der Waals surface area contributed by atoms with Crippen LogP contribution in [0.25, 0.3) is 0 Å². The topological polar surface area (TPSA) is 133 Å². The number of nitrogen functional groups attached to an aromatic ring is 1. The lowest BCUT2D eigenvalue weighted by Gasteiger charge is -2.52. The highest BCUT2D eigenvalue weighted by molar-refractivity contribution is 8.00. The number of carboxylic acid groups (broad SMARTS) is 1. The Bertz CT molecular complexity index is 1090. The van der Waals surface area contributed by atoms with Crippen molar-refractivity contribution in [1.29, 1.82) is 0 Å². The number of hydrogen-bond acceptors (Lipinski definition) is 10. The molecule has 0 saturated carbocycles. The fourth-order valence-electron chi connectivity index (χ4n) is 6.08. The zero-order chi connectivity index (χ0) is 24.9. The molecule has 0 bridgehead atoms. The number of fused-ring (bicyclic) bond motifs is 2. The van der Waals surface area contributed by atoms with E-state index in [-0.39, 0.29) is 17.1 Å². The maximum Gasteiger partial charge on any atom is 0.352 e. The maximum absolute atomic E-state index is 12.9. The van der Waals surface area contributed by atoms with E-state index in [0.717, 1.165) is 36.2 Å². The van der Waals surface area contributed by atoms with Crippen molar-refractivity contribution in [3.05, 3.63) is 22.3 Å². The summed E-state index contributed by atoms with van der Waals surface area (Å²) in [7, 11) is 5.82. The number of carboxylic acids is 1. The van der Waals surface area contributed by atoms with Gasteiger partial charge >= 0.3 is 5.97 Å². The van der Waals surface area contributed by atoms with Crippen LogP contribution in [0, 0.1) is 5.92 Å². The van der Waals surface area contributed by atoms with Gasteiger partial charge < -0.3 is 30.4 Å². The van der Waals surface area contributed by atoms with Gasteiger partial charge in [-0.15, -0.1) is 23.1 Å². The number of thioether (sulfide) groups is 1. The largest absolute Gasteiger partial charge is 0.477 e. The minimum Gasteiger partial charge on any atom is -0.477 e. The van der Waals surface area contributed by atoms with Gasteiger partial charge in [-0.2, -0.15) is 0 Å². The van der Waals surface area contributed by atoms with Crippen LogP contribution >= 0.6 is 23.1 Å². The summed E-state index contributed by atoms with van der Waals surface area (Å²) in [5, 5.41) is 18.8. The van der Waals surface area contributed by atoms with Crippen LogP contribution in [-0.4, -0.2) is 119 Å². The van der Waals surface area contributed by atoms with Gasteiger partial charge in [-0.1, -0.05) is 5.16 Å². The second-order valence-corrected chi connectivity index (χ2v) is 12.1. The Morgan fingerprint density at radius 1 is 1.43 bits per heavy atom. The average Bonchev–Trinajstić information content (AvgIpc) is 3.45. The fourth-order valence-corrected chi connectivity index (χ4v) is 7.98. The normalized spacial score (nSPS) is 32.8. The number of rotatable bonds is 7. The summed E-state index contributed by atoms with van der Waals surface area (Å²) < 4.78 is 0.888. The van der Waals surface area contributed by atoms with Crippen LogP contribution in [0.15, 0.2) is 21.8 Å². The summed E-state index contributed by atoms with van der Waals surface area (Å²) in [6.07, 6.45) is 1.23. The third-order valence-corrected chi connectivity index (χ3v) is 9.73. The highest BCUT2D eigenvalue weighted by Crippen LogP contribution is 2.41. The summed E-state index contributed by atoms with van der Waals surface area (Å²) in [5.74, 6) is 0.0376. The Hall–Kier alpha value is -2.35. The number of oxime groups is 1. The Balaban J connectivity index is 1.27. The third-order valence-electron chi connectivity index (χ3n) is 7.62. The second-order valence-electron chi connectivity index (χ2n) is 10.1. The van der Waals surface area contributed by atoms with E-state index in [1.54, 1.807) is 17.1 Å². The highest BCUT2D eigenvalue weighted by atomic mass is 32.2. The molecule has 3 fully saturated rings. The van der Waals surface area contributed by atoms with Crippen LogP contribution in [0.4, 0.5) is 5.13 Å². The quantitative estimate of drug-likeness (QED) is 0.258. The second kappa shape index (κ2) is 9.26. The van der Waals surface area contributed by atoms with Crippen molar-refractivity contribution >= 4 is 45.8 Å². The number of anilines is 1. The van der Waals surface area contributed by atoms with Crippen molar-refractivity contribution in [1.82, 2.24) is 20.1 Å². The van der Waals surface area contributed by atoms with Crippen molar-refractivity contribution in [3.8, 4) is 0 Å². The van der Waals surface area contributed by atoms with Gasteiger partial charge in [0.15, 0.2) is 10.8 Å². The van der Waals surface area contributed by atoms with Gasteiger partial charge in [0.05, 0.1) is 37.6 Å². The lowest BCUT2D eigenvalue weighted by Crippen LogP contribution is -2.67. The zero-order valence-electron chi connectivity index (χ0n) is 20.1. The van der Waals surface area contributed by atoms with Crippen LogP contribution in [0.5, 0.6) is 0 Å². The molecule has 190 valence electrons. The molecule has 0 radical (unpaired) electrons. The van der Waals surface area contributed by atoms with E-state index in [0.29, 0.717) is 40.8 Å². The molecule has 4 N–H and O–H groups in total. The van der Waals surface area contributed by atoms with Crippen LogP contribution in [0.3, 0.4) is 0 Å². The van der Waals surface area contributed by atoms with Gasteiger partial charge in [0, 0.05) is 29.2 Å². The number of likely N-dealkylation sites (tertiary alicyclic amines) is 2. The standard InChI is InChI=1S/C22H31N7O4S2/c1-27-5-4-12-7-29(2,9-16(12)27)8-13-10-34-20-14(6-28(20)18(13)21(31)32)24-19(30)17(26-33-3)15-11-35-22(23)25-15/h11-12,14,16,20H,4-10H2,1-3H3,(H3-,23,24,25,30,31,32)/p+1/b26-17-/t12?,14-,16?,20-,29?/m1/s1. The summed E-state index contributed by atoms with van der Waals surface area (Å²) >= 11 is 2.90. The summed E-state index contributed by atoms with van der Waals surface area (Å²) in [6, 6.07) is 0.392. The lowest BCUT2D eigenvalue weighted by molar-refractivity contribution is -0.895. The first-order valence-electron chi connectivity index (χ1n) is 11.7. The molecule has 5 rings (SSSR count). The molecule has 0 aromatic carbocycles. The van der Waals surface area contributed by atoms with Crippen molar-refractivity contribution in [3.63, 3.8) is 0 Å². The fraction of sp³-hybridized carbons (Fsp3) is 0.636. The van der Waals surface area contributed by atoms with E-state index >= 15 is 0 Å². The monoisotopic (exact) mass is 522 g/mol. The minimum atomic E-state index is -0.891. The molecule has 3 unspecified atom stereocenters. The van der Waals surface area contributed by atoms with E-state index in [1.165, 1.54) is 24.9 Å². The number of carbonyl (C=O) groups is 2. The predicted octanol–water partition coefficient (Wildman–Crippen LogP) is 0.0683. The number of likely N-dealkylation sites (N-methyl/N-ethyl adjacent to an activating group) is 2. The Morgan fingerprint density at radius 2 is 2.23 bits per heavy atom. The van der Waals surface area contributed by atoms with Crippen molar-refractivity contribution in [2.75, 3.05) is 65.4 Å². The molecule has 1 amide bonds. The van der Waals surface area contributed by atoms with Crippen molar-refractivity contribution < 1.29 is 24.0 Å². The first-order chi connectivity index (χ1) is 16.7. The van der Waals surface area contributed by atoms with E-state index in [1.807, 2.05) is 4.90 Å². The van der Waals surface area contributed by atoms with Crippen LogP contribution in [-0.2, 0) is 14.4 Å². The van der Waals surface area contributed by atoms with Crippen LogP contribution in [0.2, 0.25) is 0 Å². The maximum atomic E-state index is 12.9. The predicted molar refractivity (Wildman–Crippen MR) is 135 cm³/mol. The molecular weight excluding hydrogens is 490 g/mol. The van der Waals surface area contributed by atoms with Crippen LogP contribution < -0.4 is 11.1 Å². The molecule has 5 atom stereocenters. The summed E-state index contributed by atoms with van der Waals surface area (Å²) in [5.41, 5.74) is 7.50. The van der Waals surface area contributed by atoms with Gasteiger partial charge in [0.2, 0.25) is 0 Å². The number of nitrogens with one attached hydrogen (secondary N) is 1. The van der Waals surface area contributed by atoms with Gasteiger partial charge in [0.1, 0.15) is 25.0 Å². The SMILES string of the molecule is CO/N=C(\C(=O)N[C@@H]1CN2C(C(=O)O)=C(C[N+]3(C)CC4CCN(C)C4C3)CS[C@H]12)c1csc(N)n1. The number of nitrogens with two attached hydrogens (primary N) is 1. The number of thiazole rings is 1. The van der Waals surface area contributed by atoms with Gasteiger partial charge in [-0.25, -0.2) is 9.78 Å². The first kappa shape index (κ1) is 24.3. The zero-order valence-corrected chi connectivity index (χ0v) is 21.8. The number of amides is 1. The van der Waals surface area contributed by atoms with E-state index in [2.05, 4.69) is 34.5 Å². The lowest BCUT2D eigenvalue weighted by atomic mass is 10.0. The van der Waals surface area contributed by atoms with Crippen molar-refractivity contribution in [2.45, 2.75) is 23.9 Å². The molecule has 3 saturated heterocycles. The number of quaternary nitrogens is 1. The molecule has 4 aliphatic heterocycles. The molecule has 13 heteroatoms. The Labute approximate surface area is 212 Å². The number of hydrogen-bond donors (Lipinski definition) is 3. The molecule has 35 heavy (non-hydrogen) atoms. The van der Waals surface area contributed by atoms with Gasteiger partial charge in [-0.05, 0) is 20.0 Å². The third kappa shape index (κ3) is 4.50. The molecule has 4 aliphatic rings. The summed E-state index contributed by atoms with van der Waals surface area (Å²) in [6.45, 7) is 4.51. The number of carbonyl (C=O) groups excluding carboxylic acids is 1. The molecule has 1 aromatic rings. The minimum absolute atomic E-state index is 0.0522. The Kier molecular flexibility index (Phi) is 6.45. The Morgan fingerprint density at radius 3 is 2.89 bits per heavy atom. The molecular formula is C22H32N7O4S2+. The average molecular weight is 523 g/mol.